The van der Waals surface area contributed by atoms with E-state index in [9.17, 15) is 24.7 Å². The normalized spacial score (nSPS) is 20.5. The van der Waals surface area contributed by atoms with Gasteiger partial charge in [0.2, 0.25) is 0 Å². The quantitative estimate of drug-likeness (QED) is 0.217. The monoisotopic (exact) mass is 503 g/mol. The molecule has 0 radical (unpaired) electrons. The average molecular weight is 504 g/mol. The largest absolute Gasteiger partial charge is 0.791 e. The number of allylic oxidation sites excluding steroid dienone is 1. The second kappa shape index (κ2) is 9.64. The van der Waals surface area contributed by atoms with E-state index in [4.69, 9.17) is 5.73 Å². The smallest absolute Gasteiger partial charge is 0.352 e. The van der Waals surface area contributed by atoms with Crippen molar-refractivity contribution < 1.29 is 19.5 Å². The summed E-state index contributed by atoms with van der Waals surface area (Å²) in [6.07, 6.45) is 4.96. The maximum Gasteiger partial charge on any atom is 0.352 e. The highest BCUT2D eigenvalue weighted by atomic mass is 32.2. The summed E-state index contributed by atoms with van der Waals surface area (Å²) in [4.78, 5) is 47.1. The number of β-lactam (4-membered cyclic amide) rings is 1. The first kappa shape index (κ1) is 22.8. The number of amides is 2. The molecule has 0 saturated carbocycles. The van der Waals surface area contributed by atoms with Gasteiger partial charge in [-0.1, -0.05) is 11.8 Å². The number of nitrogens with one attached hydrogen (secondary N) is 1. The van der Waals surface area contributed by atoms with E-state index in [0.717, 1.165) is 21.1 Å². The number of thioether (sulfide) groups is 2. The molecule has 0 spiro atoms. The van der Waals surface area contributed by atoms with Crippen molar-refractivity contribution in [3.05, 3.63) is 63.6 Å². The number of aliphatic carboxylic acids is 1. The van der Waals surface area contributed by atoms with Gasteiger partial charge in [0.05, 0.1) is 0 Å². The van der Waals surface area contributed by atoms with Gasteiger partial charge in [0, 0.05) is 28.4 Å². The summed E-state index contributed by atoms with van der Waals surface area (Å²) >= 11 is 3.73. The molecule has 0 aliphatic carbocycles. The predicted octanol–water partition coefficient (Wildman–Crippen LogP) is 1.45. The Morgan fingerprint density at radius 2 is 2.15 bits per heavy atom. The van der Waals surface area contributed by atoms with Crippen molar-refractivity contribution >= 4 is 63.5 Å². The molecule has 11 nitrogen and oxygen atoms in total. The van der Waals surface area contributed by atoms with Crippen LogP contribution < -0.4 is 11.1 Å². The van der Waals surface area contributed by atoms with Gasteiger partial charge in [-0.2, -0.15) is 0 Å². The minimum absolute atomic E-state index is 0.00941. The van der Waals surface area contributed by atoms with Gasteiger partial charge < -0.3 is 26.5 Å². The molecule has 2 aromatic heterocycles. The lowest BCUT2D eigenvalue weighted by atomic mass is 10.0. The van der Waals surface area contributed by atoms with Crippen LogP contribution >= 0.6 is 34.9 Å². The van der Waals surface area contributed by atoms with Crippen LogP contribution in [-0.2, 0) is 14.4 Å². The second-order valence-corrected chi connectivity index (χ2v) is 9.63. The Kier molecular flexibility index (Phi) is 6.67. The predicted molar refractivity (Wildman–Crippen MR) is 125 cm³/mol. The van der Waals surface area contributed by atoms with Crippen LogP contribution in [0.25, 0.3) is 0 Å². The number of nitrogens with zero attached hydrogens (tertiary/aromatic N) is 4. The molecule has 1 fully saturated rings. The average Bonchev–Trinajstić information content (AvgIpc) is 3.23. The first-order chi connectivity index (χ1) is 15.9. The summed E-state index contributed by atoms with van der Waals surface area (Å²) in [5.41, 5.74) is 5.38. The molecule has 2 amide bonds. The highest BCUT2D eigenvalue weighted by molar-refractivity contribution is 8.02. The van der Waals surface area contributed by atoms with Crippen LogP contribution in [0.1, 0.15) is 5.69 Å². The first-order valence-electron chi connectivity index (χ1n) is 9.27. The van der Waals surface area contributed by atoms with E-state index >= 15 is 0 Å². The van der Waals surface area contributed by atoms with Crippen molar-refractivity contribution in [1.29, 1.82) is 0 Å². The van der Waals surface area contributed by atoms with E-state index in [1.165, 1.54) is 28.9 Å². The Balaban J connectivity index is 1.48. The zero-order chi connectivity index (χ0) is 23.5. The number of aromatic nitrogens is 2. The summed E-state index contributed by atoms with van der Waals surface area (Å²) in [5, 5.41) is 28.8. The second-order valence-electron chi connectivity index (χ2n) is 6.65. The SMILES string of the molecule is Nc1nc(/C(=N/[O-])C(=O)N[C@@H]2C(=O)N3C(C(=O)O)=C(/C=C/Sc4ccncc4)CS[C@H]23)cs1. The third-order valence-electron chi connectivity index (χ3n) is 4.68. The Hall–Kier alpha value is -3.36. The van der Waals surface area contributed by atoms with Crippen molar-refractivity contribution in [2.24, 2.45) is 5.16 Å². The van der Waals surface area contributed by atoms with Gasteiger partial charge >= 0.3 is 5.97 Å². The molecule has 0 aromatic carbocycles. The number of carbonyl (C=O) groups excluding carboxylic acids is 2. The third-order valence-corrected chi connectivity index (χ3v) is 7.47. The molecular formula is C19H15N6O5S3-. The van der Waals surface area contributed by atoms with E-state index in [-0.39, 0.29) is 16.5 Å². The van der Waals surface area contributed by atoms with Gasteiger partial charge in [0.1, 0.15) is 28.5 Å². The molecule has 4 heterocycles. The van der Waals surface area contributed by atoms with Gasteiger partial charge in [-0.3, -0.25) is 19.5 Å². The van der Waals surface area contributed by atoms with Crippen molar-refractivity contribution in [2.75, 3.05) is 11.5 Å². The number of nitrogen functional groups attached to an aromatic ring is 1. The summed E-state index contributed by atoms with van der Waals surface area (Å²) in [6, 6.07) is 2.64. The van der Waals surface area contributed by atoms with Crippen LogP contribution in [0.2, 0.25) is 0 Å². The molecule has 1 saturated heterocycles. The lowest BCUT2D eigenvalue weighted by Gasteiger charge is -2.49. The van der Waals surface area contributed by atoms with Gasteiger partial charge in [-0.05, 0) is 29.2 Å². The van der Waals surface area contributed by atoms with E-state index in [1.807, 2.05) is 12.1 Å². The van der Waals surface area contributed by atoms with Crippen LogP contribution in [0.4, 0.5) is 5.13 Å². The molecule has 2 aromatic rings. The fourth-order valence-corrected chi connectivity index (χ4v) is 5.73. The number of nitrogens with two attached hydrogens (primary N) is 1. The third kappa shape index (κ3) is 4.58. The molecule has 170 valence electrons. The van der Waals surface area contributed by atoms with Crippen LogP contribution in [0.15, 0.2) is 62.7 Å². The van der Waals surface area contributed by atoms with E-state index in [1.54, 1.807) is 23.9 Å². The van der Waals surface area contributed by atoms with Gasteiger partial charge in [-0.15, -0.1) is 23.1 Å². The molecule has 14 heteroatoms. The van der Waals surface area contributed by atoms with Crippen molar-refractivity contribution in [3.8, 4) is 0 Å². The van der Waals surface area contributed by atoms with Crippen LogP contribution in [0.3, 0.4) is 0 Å². The van der Waals surface area contributed by atoms with E-state index < -0.39 is 34.9 Å². The summed E-state index contributed by atoms with van der Waals surface area (Å²) in [6.45, 7) is 0. The number of rotatable bonds is 7. The Labute approximate surface area is 199 Å². The van der Waals surface area contributed by atoms with Crippen LogP contribution in [-0.4, -0.2) is 60.6 Å². The lowest BCUT2D eigenvalue weighted by Crippen LogP contribution is -2.71. The molecular weight excluding hydrogens is 488 g/mol. The molecule has 2 atom stereocenters. The highest BCUT2D eigenvalue weighted by Crippen LogP contribution is 2.41. The zero-order valence-corrected chi connectivity index (χ0v) is 19.0. The standard InChI is InChI=1S/C19H16N6O5S3/c20-19-22-11(8-33-19)12(24-30)15(26)23-13-16(27)25-14(18(28)29)9(7-32-17(13)25)3-6-31-10-1-4-21-5-2-10/h1-6,8,13,17,30H,7H2,(H2,20,22)(H,23,26)(H,28,29)/p-1/b6-3+,24-12-/t13-,17-/m1/s1. The van der Waals surface area contributed by atoms with E-state index in [2.05, 4.69) is 20.4 Å². The molecule has 0 unspecified atom stereocenters. The first-order valence-corrected chi connectivity index (χ1v) is 12.1. The fraction of sp³-hybridized carbons (Fsp3) is 0.158. The Bertz CT molecular complexity index is 1200. The minimum atomic E-state index is -1.24. The topological polar surface area (TPSA) is 174 Å². The number of carbonyl (C=O) groups is 3. The molecule has 2 aliphatic heterocycles. The molecule has 2 aliphatic rings. The number of pyridine rings is 1. The fourth-order valence-electron chi connectivity index (χ4n) is 3.19. The van der Waals surface area contributed by atoms with Crippen molar-refractivity contribution in [2.45, 2.75) is 16.3 Å². The van der Waals surface area contributed by atoms with E-state index in [0.29, 0.717) is 11.3 Å². The molecule has 4 rings (SSSR count). The Morgan fingerprint density at radius 1 is 1.39 bits per heavy atom. The summed E-state index contributed by atoms with van der Waals surface area (Å²) in [7, 11) is 0. The maximum atomic E-state index is 12.8. The zero-order valence-electron chi connectivity index (χ0n) is 16.6. The minimum Gasteiger partial charge on any atom is -0.791 e. The number of thiazole rings is 1. The number of hydrogen-bond acceptors (Lipinski definition) is 11. The Morgan fingerprint density at radius 3 is 2.79 bits per heavy atom. The molecule has 0 bridgehead atoms. The summed E-state index contributed by atoms with van der Waals surface area (Å²) < 4.78 is 0. The maximum absolute atomic E-state index is 12.8. The van der Waals surface area contributed by atoms with Crippen molar-refractivity contribution in [1.82, 2.24) is 20.2 Å². The van der Waals surface area contributed by atoms with Crippen LogP contribution in [0, 0.1) is 5.21 Å². The van der Waals surface area contributed by atoms with Gasteiger partial charge in [0.25, 0.3) is 11.8 Å². The van der Waals surface area contributed by atoms with Crippen LogP contribution in [0.5, 0.6) is 0 Å². The molecule has 33 heavy (non-hydrogen) atoms. The van der Waals surface area contributed by atoms with Gasteiger partial charge in [0.15, 0.2) is 5.13 Å². The number of carboxylic acid groups (broad SMARTS) is 1. The molecule has 4 N–H and O–H groups in total. The highest BCUT2D eigenvalue weighted by Gasteiger charge is 2.54. The number of hydrogen-bond donors (Lipinski definition) is 3. The van der Waals surface area contributed by atoms with Crippen molar-refractivity contribution in [3.63, 3.8) is 0 Å². The number of fused-ring (bicyclic) bond motifs is 1. The lowest BCUT2D eigenvalue weighted by molar-refractivity contribution is -0.150. The summed E-state index contributed by atoms with van der Waals surface area (Å²) in [5.74, 6) is -2.39. The van der Waals surface area contributed by atoms with Gasteiger partial charge in [-0.25, -0.2) is 9.78 Å². The number of anilines is 1. The number of carboxylic acids is 1.